The lowest BCUT2D eigenvalue weighted by molar-refractivity contribution is -0.119. The van der Waals surface area contributed by atoms with Gasteiger partial charge in [0.1, 0.15) is 0 Å². The average Bonchev–Trinajstić information content (AvgIpc) is 3.44. The van der Waals surface area contributed by atoms with E-state index in [0.29, 0.717) is 6.54 Å². The maximum atomic E-state index is 12.7. The van der Waals surface area contributed by atoms with Gasteiger partial charge in [-0.1, -0.05) is 107 Å². The number of amides is 1. The minimum atomic E-state index is -2.83. The Morgan fingerprint density at radius 3 is 0.600 bits per heavy atom. The van der Waals surface area contributed by atoms with Crippen molar-refractivity contribution in [3.63, 3.8) is 0 Å². The summed E-state index contributed by atoms with van der Waals surface area (Å²) in [7, 11) is 9.06. The molecule has 0 fully saturated rings. The van der Waals surface area contributed by atoms with E-state index in [-0.39, 0.29) is 11.3 Å². The maximum absolute atomic E-state index is 12.7. The lowest BCUT2D eigenvalue weighted by Gasteiger charge is -2.38. The van der Waals surface area contributed by atoms with Crippen molar-refractivity contribution in [3.8, 4) is 0 Å². The molecule has 0 heterocycles. The summed E-state index contributed by atoms with van der Waals surface area (Å²) in [5, 5.41) is 3.26. The Kier molecular flexibility index (Phi) is 39.3. The molecule has 0 radical (unpaired) electrons. The van der Waals surface area contributed by atoms with Gasteiger partial charge in [0.2, 0.25) is 5.91 Å². The molecule has 0 saturated heterocycles. The Balaban J connectivity index is 7.42. The normalized spacial score (nSPS) is 13.8. The minimum Gasteiger partial charge on any atom is -0.377 e. The van der Waals surface area contributed by atoms with Crippen LogP contribution in [0.2, 0.25) is 84.6 Å². The van der Waals surface area contributed by atoms with Crippen LogP contribution in [0.1, 0.15) is 78.1 Å². The molecule has 0 spiro atoms. The molecule has 0 rings (SSSR count). The topological polar surface area (TPSA) is 195 Å². The SMILES string of the molecule is CO[Si](CCC[Si](CCCC(C)(CCC[Si](CCC[Si](OC)(OC)OC)(CCC[Si](OC)(OC)OC)CCC[Si](OC)(OC)OC)CNC(C)=O)(CCC[Si](OC)(OC)OC)CCC[Si](OC)(OC)OC)(OC)OC. The van der Waals surface area contributed by atoms with E-state index in [1.165, 1.54) is 0 Å². The number of rotatable bonds is 52. The first-order valence-electron chi connectivity index (χ1n) is 26.8. The van der Waals surface area contributed by atoms with Gasteiger partial charge in [0, 0.05) is 178 Å². The van der Waals surface area contributed by atoms with Crippen molar-refractivity contribution >= 4 is 74.9 Å². The highest BCUT2D eigenvalue weighted by atomic mass is 28.4. The number of carbonyl (C=O) groups is 1. The molecular formula is C47H111NO19Si8. The third kappa shape index (κ3) is 25.3. The summed E-state index contributed by atoms with van der Waals surface area (Å²) >= 11 is 0. The van der Waals surface area contributed by atoms with Crippen molar-refractivity contribution in [2.45, 2.75) is 163 Å². The summed E-state index contributed by atoms with van der Waals surface area (Å²) < 4.78 is 107. The summed E-state index contributed by atoms with van der Waals surface area (Å²) in [5.74, 6) is -0.0221. The molecule has 0 atom stereocenters. The highest BCUT2D eigenvalue weighted by molar-refractivity contribution is 6.81. The van der Waals surface area contributed by atoms with Crippen LogP contribution in [-0.4, -0.2) is 209 Å². The molecule has 28 heteroatoms. The van der Waals surface area contributed by atoms with Gasteiger partial charge in [0.05, 0.1) is 16.1 Å². The van der Waals surface area contributed by atoms with Crippen LogP contribution in [0.4, 0.5) is 0 Å². The highest BCUT2D eigenvalue weighted by Crippen LogP contribution is 2.42. The molecule has 0 bridgehead atoms. The number of hydrogen-bond acceptors (Lipinski definition) is 19. The second-order valence-corrected chi connectivity index (χ2v) is 48.9. The van der Waals surface area contributed by atoms with Crippen LogP contribution >= 0.6 is 0 Å². The molecule has 1 N–H and O–H groups in total. The van der Waals surface area contributed by atoms with Crippen molar-refractivity contribution < 1.29 is 84.5 Å². The zero-order valence-corrected chi connectivity index (χ0v) is 58.9. The monoisotopic (exact) mass is 1220 g/mol. The Hall–Kier alpha value is 0.485. The van der Waals surface area contributed by atoms with Crippen LogP contribution in [0.5, 0.6) is 0 Å². The number of nitrogens with one attached hydrogen (secondary N) is 1. The average molecular weight is 1220 g/mol. The first-order chi connectivity index (χ1) is 35.7. The van der Waals surface area contributed by atoms with Gasteiger partial charge in [-0.3, -0.25) is 4.79 Å². The van der Waals surface area contributed by atoms with Crippen molar-refractivity contribution in [2.75, 3.05) is 135 Å². The Bertz CT molecular complexity index is 1180. The lowest BCUT2D eigenvalue weighted by Crippen LogP contribution is -2.45. The summed E-state index contributed by atoms with van der Waals surface area (Å²) in [4.78, 5) is 12.7. The fourth-order valence-corrected chi connectivity index (χ4v) is 34.2. The van der Waals surface area contributed by atoms with Crippen molar-refractivity contribution in [3.05, 3.63) is 0 Å². The summed E-state index contributed by atoms with van der Waals surface area (Å²) in [6, 6.07) is 12.9. The van der Waals surface area contributed by atoms with Crippen LogP contribution in [0, 0.1) is 5.41 Å². The first kappa shape index (κ1) is 75.5. The Morgan fingerprint density at radius 2 is 0.453 bits per heavy atom. The van der Waals surface area contributed by atoms with Gasteiger partial charge in [0.15, 0.2) is 0 Å². The van der Waals surface area contributed by atoms with E-state index in [4.69, 9.17) is 79.7 Å². The second-order valence-electron chi connectivity index (χ2n) is 20.3. The molecule has 450 valence electrons. The van der Waals surface area contributed by atoms with Gasteiger partial charge in [-0.25, -0.2) is 0 Å². The van der Waals surface area contributed by atoms with Gasteiger partial charge in [0.25, 0.3) is 0 Å². The number of hydrogen-bond donors (Lipinski definition) is 1. The molecule has 0 aliphatic rings. The maximum Gasteiger partial charge on any atom is 0.500 e. The van der Waals surface area contributed by atoms with Crippen molar-refractivity contribution in [1.82, 2.24) is 5.32 Å². The smallest absolute Gasteiger partial charge is 0.377 e. The van der Waals surface area contributed by atoms with Crippen molar-refractivity contribution in [2.24, 2.45) is 5.41 Å². The van der Waals surface area contributed by atoms with Gasteiger partial charge < -0.3 is 85.0 Å². The first-order valence-corrected chi connectivity index (χ1v) is 44.1. The molecule has 0 aliphatic heterocycles. The Morgan fingerprint density at radius 1 is 0.293 bits per heavy atom. The van der Waals surface area contributed by atoms with Crippen LogP contribution in [-0.2, 0) is 84.5 Å². The second kappa shape index (κ2) is 39.1. The molecule has 20 nitrogen and oxygen atoms in total. The van der Waals surface area contributed by atoms with Gasteiger partial charge >= 0.3 is 52.8 Å². The van der Waals surface area contributed by atoms with Crippen molar-refractivity contribution in [1.29, 1.82) is 0 Å². The van der Waals surface area contributed by atoms with E-state index < -0.39 is 69.0 Å². The third-order valence-corrected chi connectivity index (χ3v) is 44.8. The third-order valence-electron chi connectivity index (χ3n) is 16.5. The lowest BCUT2D eigenvalue weighted by atomic mass is 9.81. The van der Waals surface area contributed by atoms with E-state index in [2.05, 4.69) is 12.2 Å². The van der Waals surface area contributed by atoms with Crippen LogP contribution in [0.25, 0.3) is 0 Å². The predicted octanol–water partition coefficient (Wildman–Crippen LogP) is 9.20. The summed E-state index contributed by atoms with van der Waals surface area (Å²) in [5.41, 5.74) is -0.163. The molecule has 0 unspecified atom stereocenters. The van der Waals surface area contributed by atoms with Gasteiger partial charge in [-0.05, 0) is 18.3 Å². The summed E-state index contributed by atoms with van der Waals surface area (Å²) in [6.45, 7) is 4.58. The molecule has 75 heavy (non-hydrogen) atoms. The molecule has 0 aromatic rings. The largest absolute Gasteiger partial charge is 0.500 e. The Labute approximate surface area is 465 Å². The van der Waals surface area contributed by atoms with E-state index in [1.54, 1.807) is 135 Å². The molecule has 0 aromatic heterocycles. The molecular weight excluding hydrogens is 1110 g/mol. The van der Waals surface area contributed by atoms with Crippen LogP contribution < -0.4 is 5.32 Å². The standard InChI is InChI=1S/C47H111NO19Si8/c1-46(49)48-45-47(2,29-21-31-68(33-23-39-70(50-3,51-4)52-5,34-24-40-71(53-6,54-7)55-8)35-25-41-72(56-9,57-10)58-11)30-22-32-69(36-26-42-73(59-12,60-13)61-14,37-27-43-74(62-15,63-16)64-17)38-28-44-75(65-18,66-19)67-20/h21-45H2,1-20H3,(H,48,49). The van der Waals surface area contributed by atoms with E-state index in [9.17, 15) is 4.79 Å². The van der Waals surface area contributed by atoms with E-state index >= 15 is 0 Å². The molecule has 0 aromatic carbocycles. The van der Waals surface area contributed by atoms with Crippen LogP contribution in [0.15, 0.2) is 0 Å². The highest BCUT2D eigenvalue weighted by Gasteiger charge is 2.46. The fourth-order valence-electron chi connectivity index (χ4n) is 11.3. The quantitative estimate of drug-likeness (QED) is 0.0566. The van der Waals surface area contributed by atoms with Gasteiger partial charge in [-0.15, -0.1) is 0 Å². The predicted molar refractivity (Wildman–Crippen MR) is 312 cm³/mol. The fraction of sp³-hybridized carbons (Fsp3) is 0.979. The molecule has 0 saturated carbocycles. The van der Waals surface area contributed by atoms with Gasteiger partial charge in [-0.2, -0.15) is 0 Å². The zero-order chi connectivity index (χ0) is 57.2. The molecule has 0 aliphatic carbocycles. The zero-order valence-electron chi connectivity index (χ0n) is 50.9. The molecule has 1 amide bonds. The van der Waals surface area contributed by atoms with Crippen LogP contribution in [0.3, 0.4) is 0 Å². The van der Waals surface area contributed by atoms with E-state index in [0.717, 1.165) is 149 Å². The summed E-state index contributed by atoms with van der Waals surface area (Å²) in [6.07, 6.45) is 9.45. The van der Waals surface area contributed by atoms with E-state index in [1.807, 2.05) is 0 Å². The minimum absolute atomic E-state index is 0.0221. The number of carbonyl (C=O) groups excluding carboxylic acids is 1.